The van der Waals surface area contributed by atoms with E-state index in [9.17, 15) is 14.0 Å². The van der Waals surface area contributed by atoms with Crippen molar-refractivity contribution in [2.24, 2.45) is 5.41 Å². The fourth-order valence-corrected chi connectivity index (χ4v) is 4.31. The number of hydrogen-bond acceptors (Lipinski definition) is 2. The van der Waals surface area contributed by atoms with Crippen LogP contribution >= 0.6 is 0 Å². The Morgan fingerprint density at radius 3 is 2.38 bits per heavy atom. The van der Waals surface area contributed by atoms with Crippen LogP contribution in [0.5, 0.6) is 0 Å². The van der Waals surface area contributed by atoms with Crippen molar-refractivity contribution in [2.75, 3.05) is 27.2 Å². The Kier molecular flexibility index (Phi) is 6.36. The second-order valence-electron chi connectivity index (χ2n) is 8.11. The topological polar surface area (TPSA) is 40.6 Å². The maximum Gasteiger partial charge on any atom is 0.230 e. The molecule has 1 heterocycles. The van der Waals surface area contributed by atoms with Crippen molar-refractivity contribution in [3.05, 3.63) is 59.9 Å². The van der Waals surface area contributed by atoms with Crippen LogP contribution in [-0.4, -0.2) is 48.8 Å². The van der Waals surface area contributed by atoms with Crippen molar-refractivity contribution in [3.8, 4) is 11.1 Å². The summed E-state index contributed by atoms with van der Waals surface area (Å²) < 4.78 is 14.5. The molecule has 4 nitrogen and oxygen atoms in total. The molecule has 1 atom stereocenters. The average Bonchev–Trinajstić information content (AvgIpc) is 3.14. The van der Waals surface area contributed by atoms with E-state index in [-0.39, 0.29) is 17.6 Å². The number of nitrogens with zero attached hydrogens (tertiary/aromatic N) is 2. The number of rotatable bonds is 6. The molecule has 0 N–H and O–H groups in total. The van der Waals surface area contributed by atoms with Gasteiger partial charge in [0.05, 0.1) is 5.41 Å². The number of likely N-dealkylation sites (tertiary alicyclic amines) is 1. The Morgan fingerprint density at radius 2 is 1.72 bits per heavy atom. The van der Waals surface area contributed by atoms with Gasteiger partial charge in [0.25, 0.3) is 0 Å². The Hall–Kier alpha value is -2.69. The molecule has 0 aromatic heterocycles. The van der Waals surface area contributed by atoms with Crippen molar-refractivity contribution < 1.29 is 14.0 Å². The van der Waals surface area contributed by atoms with Crippen LogP contribution in [0.4, 0.5) is 4.39 Å². The van der Waals surface area contributed by atoms with Gasteiger partial charge in [-0.25, -0.2) is 4.39 Å². The zero-order valence-corrected chi connectivity index (χ0v) is 17.5. The second-order valence-corrected chi connectivity index (χ2v) is 8.11. The fourth-order valence-electron chi connectivity index (χ4n) is 4.31. The first-order chi connectivity index (χ1) is 13.9. The summed E-state index contributed by atoms with van der Waals surface area (Å²) in [5.41, 5.74) is 1.58. The molecule has 154 valence electrons. The average molecular weight is 397 g/mol. The van der Waals surface area contributed by atoms with Gasteiger partial charge in [0.15, 0.2) is 0 Å². The molecule has 1 aliphatic heterocycles. The van der Waals surface area contributed by atoms with Gasteiger partial charge in [-0.3, -0.25) is 9.59 Å². The molecule has 0 spiro atoms. The summed E-state index contributed by atoms with van der Waals surface area (Å²) in [6.45, 7) is 2.98. The van der Waals surface area contributed by atoms with Crippen molar-refractivity contribution >= 4 is 11.8 Å². The highest BCUT2D eigenvalue weighted by Crippen LogP contribution is 2.39. The van der Waals surface area contributed by atoms with E-state index < -0.39 is 5.41 Å². The van der Waals surface area contributed by atoms with Crippen LogP contribution in [0.25, 0.3) is 11.1 Å². The largest absolute Gasteiger partial charge is 0.348 e. The lowest BCUT2D eigenvalue weighted by Crippen LogP contribution is -2.44. The van der Waals surface area contributed by atoms with E-state index in [0.29, 0.717) is 37.9 Å². The minimum atomic E-state index is -0.686. The molecule has 3 rings (SSSR count). The molecule has 5 heteroatoms. The van der Waals surface area contributed by atoms with Crippen LogP contribution < -0.4 is 0 Å². The fraction of sp³-hybridized carbons (Fsp3) is 0.417. The number of benzene rings is 2. The van der Waals surface area contributed by atoms with Gasteiger partial charge >= 0.3 is 0 Å². The molecule has 1 aliphatic rings. The first-order valence-electron chi connectivity index (χ1n) is 10.2. The second kappa shape index (κ2) is 8.76. The van der Waals surface area contributed by atoms with Gasteiger partial charge in [0.1, 0.15) is 5.82 Å². The third-order valence-corrected chi connectivity index (χ3v) is 5.74. The molecule has 0 radical (unpaired) electrons. The predicted molar refractivity (Wildman–Crippen MR) is 113 cm³/mol. The Labute approximate surface area is 172 Å². The van der Waals surface area contributed by atoms with Gasteiger partial charge < -0.3 is 9.80 Å². The highest BCUT2D eigenvalue weighted by atomic mass is 19.1. The molecule has 1 saturated heterocycles. The van der Waals surface area contributed by atoms with Crippen LogP contribution in [0, 0.1) is 11.2 Å². The van der Waals surface area contributed by atoms with E-state index in [4.69, 9.17) is 0 Å². The van der Waals surface area contributed by atoms with E-state index >= 15 is 0 Å². The molecule has 2 aromatic carbocycles. The Morgan fingerprint density at radius 1 is 1.07 bits per heavy atom. The summed E-state index contributed by atoms with van der Waals surface area (Å²) in [5.74, 6) is -0.157. The first-order valence-corrected chi connectivity index (χ1v) is 10.2. The summed E-state index contributed by atoms with van der Waals surface area (Å²) >= 11 is 0. The number of carbonyl (C=O) groups excluding carboxylic acids is 2. The van der Waals surface area contributed by atoms with Crippen molar-refractivity contribution in [2.45, 2.75) is 32.6 Å². The number of halogens is 1. The van der Waals surface area contributed by atoms with Crippen molar-refractivity contribution in [1.82, 2.24) is 9.80 Å². The molecule has 29 heavy (non-hydrogen) atoms. The first kappa shape index (κ1) is 21.0. The smallest absolute Gasteiger partial charge is 0.230 e. The van der Waals surface area contributed by atoms with Gasteiger partial charge in [0.2, 0.25) is 11.8 Å². The van der Waals surface area contributed by atoms with E-state index in [1.165, 1.54) is 6.07 Å². The molecule has 2 amide bonds. The highest BCUT2D eigenvalue weighted by Gasteiger charge is 2.46. The van der Waals surface area contributed by atoms with Gasteiger partial charge in [-0.1, -0.05) is 49.4 Å². The highest BCUT2D eigenvalue weighted by molar-refractivity contribution is 5.86. The summed E-state index contributed by atoms with van der Waals surface area (Å²) in [4.78, 5) is 29.1. The lowest BCUT2D eigenvalue weighted by Gasteiger charge is -2.32. The monoisotopic (exact) mass is 396 g/mol. The van der Waals surface area contributed by atoms with Crippen LogP contribution in [0.3, 0.4) is 0 Å². The van der Waals surface area contributed by atoms with Gasteiger partial charge in [-0.15, -0.1) is 0 Å². The number of amides is 2. The number of hydrogen-bond donors (Lipinski definition) is 0. The van der Waals surface area contributed by atoms with E-state index in [1.807, 2.05) is 42.2 Å². The lowest BCUT2D eigenvalue weighted by atomic mass is 9.77. The SMILES string of the molecule is CCCC(=O)N1CC[C@@](Cc2ccccc2-c2ccccc2F)(C(=O)N(C)C)C1. The van der Waals surface area contributed by atoms with E-state index in [2.05, 4.69) is 0 Å². The predicted octanol–water partition coefficient (Wildman–Crippen LogP) is 4.14. The van der Waals surface area contributed by atoms with Crippen LogP contribution in [0.15, 0.2) is 48.5 Å². The van der Waals surface area contributed by atoms with Crippen LogP contribution in [0.1, 0.15) is 31.7 Å². The Bertz CT molecular complexity index is 896. The third kappa shape index (κ3) is 4.34. The molecular weight excluding hydrogens is 367 g/mol. The lowest BCUT2D eigenvalue weighted by molar-refractivity contribution is -0.139. The van der Waals surface area contributed by atoms with Crippen molar-refractivity contribution in [1.29, 1.82) is 0 Å². The maximum atomic E-state index is 14.5. The minimum absolute atomic E-state index is 0.0210. The zero-order chi connectivity index (χ0) is 21.0. The molecule has 0 aliphatic carbocycles. The van der Waals surface area contributed by atoms with Gasteiger partial charge in [-0.05, 0) is 36.5 Å². The molecular formula is C24H29FN2O2. The van der Waals surface area contributed by atoms with Gasteiger partial charge in [0, 0.05) is 39.2 Å². The van der Waals surface area contributed by atoms with Crippen LogP contribution in [-0.2, 0) is 16.0 Å². The van der Waals surface area contributed by atoms with E-state index in [0.717, 1.165) is 17.5 Å². The van der Waals surface area contributed by atoms with E-state index in [1.54, 1.807) is 31.1 Å². The standard InChI is InChI=1S/C24H29FN2O2/c1-4-9-22(28)27-15-14-24(17-27,23(29)26(2)3)16-18-10-5-6-11-19(18)20-12-7-8-13-21(20)25/h5-8,10-13H,4,9,14-17H2,1-3H3/t24-/m0/s1. The summed E-state index contributed by atoms with van der Waals surface area (Å²) in [5, 5.41) is 0. The zero-order valence-electron chi connectivity index (χ0n) is 17.5. The Balaban J connectivity index is 1.98. The normalized spacial score (nSPS) is 18.7. The third-order valence-electron chi connectivity index (χ3n) is 5.74. The van der Waals surface area contributed by atoms with Crippen LogP contribution in [0.2, 0.25) is 0 Å². The molecule has 1 fully saturated rings. The summed E-state index contributed by atoms with van der Waals surface area (Å²) in [6, 6.07) is 14.4. The molecule has 0 saturated carbocycles. The summed E-state index contributed by atoms with van der Waals surface area (Å²) in [7, 11) is 3.51. The summed E-state index contributed by atoms with van der Waals surface area (Å²) in [6.07, 6.45) is 2.38. The molecule has 0 bridgehead atoms. The quantitative estimate of drug-likeness (QED) is 0.736. The van der Waals surface area contributed by atoms with Crippen molar-refractivity contribution in [3.63, 3.8) is 0 Å². The maximum absolute atomic E-state index is 14.5. The minimum Gasteiger partial charge on any atom is -0.348 e. The number of carbonyl (C=O) groups is 2. The van der Waals surface area contributed by atoms with Gasteiger partial charge in [-0.2, -0.15) is 0 Å². The molecule has 2 aromatic rings. The molecule has 0 unspecified atom stereocenters.